The largest absolute Gasteiger partial charge is 0.480 e. The molecule has 0 spiro atoms. The predicted octanol–water partition coefficient (Wildman–Crippen LogP) is 3.35. The lowest BCUT2D eigenvalue weighted by Crippen LogP contribution is -2.51. The number of benzene rings is 1. The van der Waals surface area contributed by atoms with Crippen LogP contribution in [0, 0.1) is 0 Å². The number of carboxylic acids is 1. The molecule has 0 radical (unpaired) electrons. The highest BCUT2D eigenvalue weighted by Crippen LogP contribution is 2.31. The van der Waals surface area contributed by atoms with Crippen LogP contribution in [0.1, 0.15) is 19.8 Å². The lowest BCUT2D eigenvalue weighted by molar-refractivity contribution is -0.139. The second-order valence-corrected chi connectivity index (χ2v) is 6.86. The number of likely N-dealkylation sites (N-methyl/N-ethyl adjacent to an activating group) is 1. The molecule has 1 fully saturated rings. The maximum Gasteiger partial charge on any atom is 0.317 e. The summed E-state index contributed by atoms with van der Waals surface area (Å²) in [6.07, 6.45) is 3.76. The van der Waals surface area contributed by atoms with Crippen molar-refractivity contribution >= 4 is 38.5 Å². The Hall–Kier alpha value is -1.66. The second-order valence-electron chi connectivity index (χ2n) is 5.94. The Morgan fingerprint density at radius 3 is 2.91 bits per heavy atom. The first-order chi connectivity index (χ1) is 11.1. The number of anilines is 1. The third-order valence-electron chi connectivity index (χ3n) is 4.44. The number of fused-ring (bicyclic) bond motifs is 1. The van der Waals surface area contributed by atoms with Gasteiger partial charge in [-0.15, -0.1) is 0 Å². The number of pyridine rings is 1. The van der Waals surface area contributed by atoms with Gasteiger partial charge in [0.25, 0.3) is 0 Å². The summed E-state index contributed by atoms with van der Waals surface area (Å²) in [7, 11) is 0. The summed E-state index contributed by atoms with van der Waals surface area (Å²) in [6, 6.07) is 8.80. The average molecular weight is 378 g/mol. The number of aromatic nitrogens is 1. The molecule has 1 heterocycles. The van der Waals surface area contributed by atoms with Crippen LogP contribution in [0.15, 0.2) is 34.9 Å². The molecule has 5 nitrogen and oxygen atoms in total. The molecule has 0 saturated heterocycles. The number of rotatable bonds is 6. The molecule has 2 N–H and O–H groups in total. The smallest absolute Gasteiger partial charge is 0.317 e. The van der Waals surface area contributed by atoms with Crippen LogP contribution in [-0.2, 0) is 4.79 Å². The van der Waals surface area contributed by atoms with E-state index in [4.69, 9.17) is 5.11 Å². The Morgan fingerprint density at radius 1 is 1.43 bits per heavy atom. The fourth-order valence-corrected chi connectivity index (χ4v) is 3.50. The molecule has 1 saturated carbocycles. The van der Waals surface area contributed by atoms with Crippen molar-refractivity contribution in [1.29, 1.82) is 0 Å². The number of halogens is 1. The van der Waals surface area contributed by atoms with Gasteiger partial charge in [0, 0.05) is 33.8 Å². The molecule has 0 aliphatic heterocycles. The monoisotopic (exact) mass is 377 g/mol. The van der Waals surface area contributed by atoms with Gasteiger partial charge in [-0.3, -0.25) is 14.7 Å². The Balaban J connectivity index is 1.66. The standard InChI is InChI=1S/C17H20BrN3O2/c1-2-21(10-17(22)23)13-8-12(9-13)20-16-5-6-19-15-4-3-11(18)7-14(15)16/h3-7,12-13H,2,8-10H2,1H3,(H,19,20)(H,22,23). The van der Waals surface area contributed by atoms with Crippen LogP contribution >= 0.6 is 15.9 Å². The fourth-order valence-electron chi connectivity index (χ4n) is 3.14. The van der Waals surface area contributed by atoms with Crippen LogP contribution < -0.4 is 5.32 Å². The van der Waals surface area contributed by atoms with E-state index in [-0.39, 0.29) is 6.54 Å². The molecule has 0 atom stereocenters. The first-order valence-corrected chi connectivity index (χ1v) is 8.62. The third-order valence-corrected chi connectivity index (χ3v) is 4.93. The van der Waals surface area contributed by atoms with Crippen LogP contribution in [-0.4, -0.2) is 46.1 Å². The molecule has 1 aromatic heterocycles. The maximum absolute atomic E-state index is 10.9. The summed E-state index contributed by atoms with van der Waals surface area (Å²) < 4.78 is 1.03. The number of carboxylic acid groups (broad SMARTS) is 1. The molecule has 2 aromatic rings. The van der Waals surface area contributed by atoms with Crippen molar-refractivity contribution in [2.24, 2.45) is 0 Å². The molecule has 1 aromatic carbocycles. The van der Waals surface area contributed by atoms with E-state index in [0.29, 0.717) is 12.1 Å². The summed E-state index contributed by atoms with van der Waals surface area (Å²) in [5.74, 6) is -0.756. The maximum atomic E-state index is 10.9. The number of carbonyl (C=O) groups is 1. The topological polar surface area (TPSA) is 65.5 Å². The molecule has 1 aliphatic carbocycles. The fraction of sp³-hybridized carbons (Fsp3) is 0.412. The molecular weight excluding hydrogens is 358 g/mol. The van der Waals surface area contributed by atoms with E-state index < -0.39 is 5.97 Å². The van der Waals surface area contributed by atoms with E-state index in [0.717, 1.165) is 40.4 Å². The van der Waals surface area contributed by atoms with Gasteiger partial charge in [-0.1, -0.05) is 22.9 Å². The SMILES string of the molecule is CCN(CC(=O)O)C1CC(Nc2ccnc3ccc(Br)cc23)C1. The lowest BCUT2D eigenvalue weighted by Gasteiger charge is -2.42. The van der Waals surface area contributed by atoms with Crippen molar-refractivity contribution in [3.63, 3.8) is 0 Å². The van der Waals surface area contributed by atoms with Crippen LogP contribution in [0.25, 0.3) is 10.9 Å². The van der Waals surface area contributed by atoms with Crippen LogP contribution in [0.5, 0.6) is 0 Å². The van der Waals surface area contributed by atoms with Crippen LogP contribution in [0.4, 0.5) is 5.69 Å². The Morgan fingerprint density at radius 2 is 2.22 bits per heavy atom. The lowest BCUT2D eigenvalue weighted by atomic mass is 9.85. The van der Waals surface area contributed by atoms with E-state index in [1.165, 1.54) is 0 Å². The van der Waals surface area contributed by atoms with Crippen molar-refractivity contribution in [1.82, 2.24) is 9.88 Å². The molecule has 0 bridgehead atoms. The minimum atomic E-state index is -0.756. The minimum absolute atomic E-state index is 0.124. The van der Waals surface area contributed by atoms with E-state index >= 15 is 0 Å². The normalized spacial score (nSPS) is 20.5. The van der Waals surface area contributed by atoms with Crippen molar-refractivity contribution in [2.45, 2.75) is 31.8 Å². The molecule has 0 amide bonds. The number of aliphatic carboxylic acids is 1. The quantitative estimate of drug-likeness (QED) is 0.807. The van der Waals surface area contributed by atoms with Crippen molar-refractivity contribution < 1.29 is 9.90 Å². The van der Waals surface area contributed by atoms with E-state index in [1.54, 1.807) is 0 Å². The van der Waals surface area contributed by atoms with Crippen molar-refractivity contribution in [2.75, 3.05) is 18.4 Å². The summed E-state index contributed by atoms with van der Waals surface area (Å²) in [4.78, 5) is 17.3. The Bertz CT molecular complexity index is 716. The first-order valence-electron chi connectivity index (χ1n) is 7.83. The highest BCUT2D eigenvalue weighted by Gasteiger charge is 2.33. The molecule has 23 heavy (non-hydrogen) atoms. The van der Waals surface area contributed by atoms with Crippen LogP contribution in [0.3, 0.4) is 0 Å². The van der Waals surface area contributed by atoms with Crippen molar-refractivity contribution in [3.8, 4) is 0 Å². The predicted molar refractivity (Wildman–Crippen MR) is 94.8 cm³/mol. The van der Waals surface area contributed by atoms with Gasteiger partial charge in [0.2, 0.25) is 0 Å². The Kier molecular flexibility index (Phi) is 4.82. The zero-order chi connectivity index (χ0) is 16.4. The molecule has 1 aliphatic rings. The first kappa shape index (κ1) is 16.2. The van der Waals surface area contributed by atoms with Gasteiger partial charge in [-0.25, -0.2) is 0 Å². The van der Waals surface area contributed by atoms with Gasteiger partial charge in [-0.05, 0) is 43.7 Å². The van der Waals surface area contributed by atoms with Gasteiger partial charge in [0.15, 0.2) is 0 Å². The minimum Gasteiger partial charge on any atom is -0.480 e. The molecule has 0 unspecified atom stereocenters. The van der Waals surface area contributed by atoms with Gasteiger partial charge in [0.05, 0.1) is 12.1 Å². The van der Waals surface area contributed by atoms with E-state index in [2.05, 4.69) is 32.3 Å². The van der Waals surface area contributed by atoms with Gasteiger partial charge in [-0.2, -0.15) is 0 Å². The van der Waals surface area contributed by atoms with Gasteiger partial charge < -0.3 is 10.4 Å². The number of hydrogen-bond donors (Lipinski definition) is 2. The van der Waals surface area contributed by atoms with Gasteiger partial charge in [0.1, 0.15) is 0 Å². The summed E-state index contributed by atoms with van der Waals surface area (Å²) in [5.41, 5.74) is 2.05. The van der Waals surface area contributed by atoms with Crippen molar-refractivity contribution in [3.05, 3.63) is 34.9 Å². The zero-order valence-electron chi connectivity index (χ0n) is 13.0. The highest BCUT2D eigenvalue weighted by molar-refractivity contribution is 9.10. The number of nitrogens with one attached hydrogen (secondary N) is 1. The average Bonchev–Trinajstić information content (AvgIpc) is 2.48. The Labute approximate surface area is 143 Å². The summed E-state index contributed by atoms with van der Waals surface area (Å²) >= 11 is 3.51. The van der Waals surface area contributed by atoms with Crippen LogP contribution in [0.2, 0.25) is 0 Å². The second kappa shape index (κ2) is 6.84. The van der Waals surface area contributed by atoms with E-state index in [9.17, 15) is 4.79 Å². The third kappa shape index (κ3) is 3.64. The van der Waals surface area contributed by atoms with E-state index in [1.807, 2.05) is 36.2 Å². The number of hydrogen-bond acceptors (Lipinski definition) is 4. The molecular formula is C17H20BrN3O2. The summed E-state index contributed by atoms with van der Waals surface area (Å²) in [6.45, 7) is 2.91. The number of nitrogens with zero attached hydrogens (tertiary/aromatic N) is 2. The molecule has 3 rings (SSSR count). The van der Waals surface area contributed by atoms with Gasteiger partial charge >= 0.3 is 5.97 Å². The molecule has 6 heteroatoms. The zero-order valence-corrected chi connectivity index (χ0v) is 14.6. The molecule has 122 valence electrons. The highest BCUT2D eigenvalue weighted by atomic mass is 79.9. The summed E-state index contributed by atoms with van der Waals surface area (Å²) in [5, 5.41) is 13.6.